The summed E-state index contributed by atoms with van der Waals surface area (Å²) in [6.45, 7) is 0.683. The van der Waals surface area contributed by atoms with E-state index in [2.05, 4.69) is 10.1 Å². The average molecular weight is 404 g/mol. The molecule has 1 saturated heterocycles. The van der Waals surface area contributed by atoms with Gasteiger partial charge in [-0.15, -0.1) is 0 Å². The van der Waals surface area contributed by atoms with E-state index in [1.165, 1.54) is 6.07 Å². The average Bonchev–Trinajstić information content (AvgIpc) is 3.02. The quantitative estimate of drug-likeness (QED) is 0.787. The Hall–Kier alpha value is -2.81. The van der Waals surface area contributed by atoms with Gasteiger partial charge in [-0.3, -0.25) is 9.59 Å². The summed E-state index contributed by atoms with van der Waals surface area (Å²) in [5.74, 6) is -1.68. The zero-order chi connectivity index (χ0) is 21.0. The number of hydrogen-bond donors (Lipinski definition) is 1. The molecule has 2 atom stereocenters. The van der Waals surface area contributed by atoms with Gasteiger partial charge >= 0.3 is 5.97 Å². The minimum atomic E-state index is -0.881. The second kappa shape index (κ2) is 9.13. The lowest BCUT2D eigenvalue weighted by Gasteiger charge is -2.28. The smallest absolute Gasteiger partial charge is 0.308 e. The Morgan fingerprint density at radius 1 is 1.28 bits per heavy atom. The van der Waals surface area contributed by atoms with Crippen LogP contribution in [0.1, 0.15) is 25.2 Å². The Morgan fingerprint density at radius 2 is 2.03 bits per heavy atom. The van der Waals surface area contributed by atoms with Crippen molar-refractivity contribution in [2.45, 2.75) is 31.7 Å². The maximum Gasteiger partial charge on any atom is 0.308 e. The third-order valence-corrected chi connectivity index (χ3v) is 5.29. The summed E-state index contributed by atoms with van der Waals surface area (Å²) >= 11 is 0. The second-order valence-electron chi connectivity index (χ2n) is 7.52. The number of benzene rings is 1. The number of carbonyl (C=O) groups excluding carboxylic acids is 1. The predicted molar refractivity (Wildman–Crippen MR) is 102 cm³/mol. The van der Waals surface area contributed by atoms with Crippen molar-refractivity contribution in [3.8, 4) is 11.4 Å². The fourth-order valence-electron chi connectivity index (χ4n) is 3.48. The van der Waals surface area contributed by atoms with Crippen LogP contribution in [-0.4, -0.2) is 70.2 Å². The Kier molecular flexibility index (Phi) is 6.58. The Balaban J connectivity index is 1.64. The van der Waals surface area contributed by atoms with Gasteiger partial charge in [-0.25, -0.2) is 4.39 Å². The van der Waals surface area contributed by atoms with Crippen molar-refractivity contribution >= 4 is 11.9 Å². The summed E-state index contributed by atoms with van der Waals surface area (Å²) in [4.78, 5) is 32.0. The lowest BCUT2D eigenvalue weighted by Crippen LogP contribution is -2.43. The van der Waals surface area contributed by atoms with E-state index in [0.29, 0.717) is 13.0 Å². The molecule has 0 radical (unpaired) electrons. The van der Waals surface area contributed by atoms with Crippen LogP contribution in [0.25, 0.3) is 11.4 Å². The molecular weight excluding hydrogens is 379 g/mol. The van der Waals surface area contributed by atoms with Gasteiger partial charge in [0, 0.05) is 32.0 Å². The zero-order valence-corrected chi connectivity index (χ0v) is 16.5. The van der Waals surface area contributed by atoms with E-state index in [4.69, 9.17) is 4.52 Å². The largest absolute Gasteiger partial charge is 0.481 e. The molecule has 0 saturated carbocycles. The normalized spacial score (nSPS) is 19.9. The van der Waals surface area contributed by atoms with Gasteiger partial charge in [0.25, 0.3) is 0 Å². The number of carboxylic acids is 1. The third-order valence-electron chi connectivity index (χ3n) is 5.29. The zero-order valence-electron chi connectivity index (χ0n) is 16.5. The van der Waals surface area contributed by atoms with Crippen LogP contribution >= 0.6 is 0 Å². The Morgan fingerprint density at radius 3 is 2.72 bits per heavy atom. The SMILES string of the molecule is CN(C)[C@@H]1CC[C@H](C(=O)O)CN(C(=O)CCc2nc(-c3ccccc3F)no2)C1. The molecule has 1 amide bonds. The number of halogens is 1. The number of aromatic nitrogens is 2. The molecule has 0 unspecified atom stereocenters. The molecule has 1 aliphatic rings. The summed E-state index contributed by atoms with van der Waals surface area (Å²) in [5.41, 5.74) is 0.236. The molecular formula is C20H25FN4O4. The standard InChI is InChI=1S/C20H25FN4O4/c1-24(2)14-8-7-13(20(27)28)11-25(12-14)18(26)10-9-17-22-19(23-29-17)15-5-3-4-6-16(15)21/h3-6,13-14H,7-12H2,1-2H3,(H,27,28)/t13-,14+/m0/s1. The van der Waals surface area contributed by atoms with Crippen molar-refractivity contribution in [3.63, 3.8) is 0 Å². The van der Waals surface area contributed by atoms with Crippen LogP contribution < -0.4 is 0 Å². The molecule has 1 aromatic heterocycles. The molecule has 2 heterocycles. The van der Waals surface area contributed by atoms with Gasteiger partial charge in [-0.1, -0.05) is 17.3 Å². The van der Waals surface area contributed by atoms with Crippen molar-refractivity contribution in [1.29, 1.82) is 0 Å². The summed E-state index contributed by atoms with van der Waals surface area (Å²) in [5, 5.41) is 13.2. The Bertz CT molecular complexity index is 870. The minimum Gasteiger partial charge on any atom is -0.481 e. The van der Waals surface area contributed by atoms with Crippen LogP contribution in [0, 0.1) is 11.7 Å². The van der Waals surface area contributed by atoms with E-state index in [9.17, 15) is 19.1 Å². The molecule has 3 rings (SSSR count). The molecule has 156 valence electrons. The molecule has 0 bridgehead atoms. The second-order valence-corrected chi connectivity index (χ2v) is 7.52. The van der Waals surface area contributed by atoms with E-state index in [-0.39, 0.29) is 48.6 Å². The lowest BCUT2D eigenvalue weighted by molar-refractivity contribution is -0.143. The highest BCUT2D eigenvalue weighted by molar-refractivity contribution is 5.78. The minimum absolute atomic E-state index is 0.111. The fraction of sp³-hybridized carbons (Fsp3) is 0.500. The van der Waals surface area contributed by atoms with Gasteiger partial charge in [0.1, 0.15) is 5.82 Å². The maximum atomic E-state index is 13.8. The highest BCUT2D eigenvalue weighted by Gasteiger charge is 2.31. The summed E-state index contributed by atoms with van der Waals surface area (Å²) in [6.07, 6.45) is 1.59. The number of aliphatic carboxylic acids is 1. The lowest BCUT2D eigenvalue weighted by atomic mass is 10.0. The number of rotatable bonds is 6. The van der Waals surface area contributed by atoms with Crippen molar-refractivity contribution in [1.82, 2.24) is 19.9 Å². The van der Waals surface area contributed by atoms with Crippen LogP contribution in [0.15, 0.2) is 28.8 Å². The van der Waals surface area contributed by atoms with Crippen LogP contribution in [0.4, 0.5) is 4.39 Å². The van der Waals surface area contributed by atoms with E-state index < -0.39 is 17.7 Å². The predicted octanol–water partition coefficient (Wildman–Crippen LogP) is 2.06. The molecule has 1 fully saturated rings. The highest BCUT2D eigenvalue weighted by Crippen LogP contribution is 2.22. The maximum absolute atomic E-state index is 13.8. The van der Waals surface area contributed by atoms with Gasteiger partial charge in [-0.2, -0.15) is 4.98 Å². The first-order valence-electron chi connectivity index (χ1n) is 9.59. The van der Waals surface area contributed by atoms with Crippen molar-refractivity contribution in [2.24, 2.45) is 5.92 Å². The van der Waals surface area contributed by atoms with Crippen LogP contribution in [0.2, 0.25) is 0 Å². The van der Waals surface area contributed by atoms with E-state index in [1.807, 2.05) is 19.0 Å². The van der Waals surface area contributed by atoms with Crippen LogP contribution in [0.3, 0.4) is 0 Å². The molecule has 0 spiro atoms. The molecule has 29 heavy (non-hydrogen) atoms. The Labute approximate surface area is 168 Å². The molecule has 2 aromatic rings. The number of likely N-dealkylation sites (tertiary alicyclic amines) is 1. The van der Waals surface area contributed by atoms with Crippen molar-refractivity contribution in [3.05, 3.63) is 36.0 Å². The first-order valence-corrected chi connectivity index (χ1v) is 9.59. The summed E-state index contributed by atoms with van der Waals surface area (Å²) in [6, 6.07) is 6.23. The van der Waals surface area contributed by atoms with Gasteiger partial charge in [0.15, 0.2) is 0 Å². The van der Waals surface area contributed by atoms with Gasteiger partial charge in [0.2, 0.25) is 17.6 Å². The molecule has 1 N–H and O–H groups in total. The number of carboxylic acid groups (broad SMARTS) is 1. The van der Waals surface area contributed by atoms with E-state index >= 15 is 0 Å². The van der Waals surface area contributed by atoms with Crippen LogP contribution in [0.5, 0.6) is 0 Å². The monoisotopic (exact) mass is 404 g/mol. The molecule has 0 aliphatic carbocycles. The third kappa shape index (κ3) is 5.17. The number of amides is 1. The highest BCUT2D eigenvalue weighted by atomic mass is 19.1. The number of likely N-dealkylation sites (N-methyl/N-ethyl adjacent to an activating group) is 1. The van der Waals surface area contributed by atoms with Crippen molar-refractivity contribution < 1.29 is 23.6 Å². The van der Waals surface area contributed by atoms with Gasteiger partial charge in [-0.05, 0) is 39.1 Å². The van der Waals surface area contributed by atoms with E-state index in [0.717, 1.165) is 6.42 Å². The first kappa shape index (κ1) is 20.9. The fourth-order valence-corrected chi connectivity index (χ4v) is 3.48. The molecule has 1 aliphatic heterocycles. The van der Waals surface area contributed by atoms with Gasteiger partial charge < -0.3 is 19.4 Å². The topological polar surface area (TPSA) is 99.8 Å². The number of hydrogen-bond acceptors (Lipinski definition) is 6. The molecule has 8 nitrogen and oxygen atoms in total. The number of nitrogens with zero attached hydrogens (tertiary/aromatic N) is 4. The summed E-state index contributed by atoms with van der Waals surface area (Å²) < 4.78 is 19.0. The number of aryl methyl sites for hydroxylation is 1. The first-order chi connectivity index (χ1) is 13.8. The molecule has 9 heteroatoms. The summed E-state index contributed by atoms with van der Waals surface area (Å²) in [7, 11) is 3.86. The van der Waals surface area contributed by atoms with E-state index in [1.54, 1.807) is 23.1 Å². The van der Waals surface area contributed by atoms with Crippen molar-refractivity contribution in [2.75, 3.05) is 27.2 Å². The number of carbonyl (C=O) groups is 2. The van der Waals surface area contributed by atoms with Gasteiger partial charge in [0.05, 0.1) is 11.5 Å². The molecule has 1 aromatic carbocycles. The van der Waals surface area contributed by atoms with Crippen LogP contribution in [-0.2, 0) is 16.0 Å².